The van der Waals surface area contributed by atoms with Gasteiger partial charge >= 0.3 is 0 Å². The first kappa shape index (κ1) is 13.8. The summed E-state index contributed by atoms with van der Waals surface area (Å²) >= 11 is 0. The van der Waals surface area contributed by atoms with Crippen molar-refractivity contribution < 1.29 is 15.3 Å². The van der Waals surface area contributed by atoms with Gasteiger partial charge in [0.1, 0.15) is 0 Å². The van der Waals surface area contributed by atoms with E-state index in [0.717, 1.165) is 31.3 Å². The summed E-state index contributed by atoms with van der Waals surface area (Å²) in [5.74, 6) is -0.154. The van der Waals surface area contributed by atoms with Gasteiger partial charge in [0.15, 0.2) is 0 Å². The highest BCUT2D eigenvalue weighted by Crippen LogP contribution is 2.54. The topological polar surface area (TPSA) is 60.7 Å². The van der Waals surface area contributed by atoms with Crippen LogP contribution in [-0.2, 0) is 0 Å². The number of aliphatic hydroxyl groups is 3. The predicted octanol–water partition coefficient (Wildman–Crippen LogP) is 1.64. The zero-order valence-electron chi connectivity index (χ0n) is 11.1. The molecule has 0 aromatic heterocycles. The zero-order chi connectivity index (χ0) is 13.5. The van der Waals surface area contributed by atoms with E-state index in [9.17, 15) is 15.3 Å². The average molecular weight is 252 g/mol. The second kappa shape index (κ2) is 4.80. The molecule has 5 atom stereocenters. The lowest BCUT2D eigenvalue weighted by Gasteiger charge is -2.53. The van der Waals surface area contributed by atoms with E-state index in [2.05, 4.69) is 13.2 Å². The molecule has 0 heterocycles. The highest BCUT2D eigenvalue weighted by Gasteiger charge is 2.52. The van der Waals surface area contributed by atoms with Gasteiger partial charge in [-0.15, -0.1) is 0 Å². The molecule has 3 nitrogen and oxygen atoms in total. The van der Waals surface area contributed by atoms with Gasteiger partial charge in [0.2, 0.25) is 0 Å². The summed E-state index contributed by atoms with van der Waals surface area (Å²) in [7, 11) is 0. The van der Waals surface area contributed by atoms with E-state index in [1.54, 1.807) is 0 Å². The first-order valence-electron chi connectivity index (χ1n) is 6.74. The van der Waals surface area contributed by atoms with Crippen LogP contribution in [0.25, 0.3) is 0 Å². The molecule has 0 saturated heterocycles. The Hall–Kier alpha value is -0.640. The Kier molecular flexibility index (Phi) is 3.67. The van der Waals surface area contributed by atoms with Gasteiger partial charge in [-0.1, -0.05) is 25.7 Å². The van der Waals surface area contributed by atoms with E-state index >= 15 is 0 Å². The van der Waals surface area contributed by atoms with Crippen molar-refractivity contribution in [2.24, 2.45) is 17.3 Å². The third-order valence-corrected chi connectivity index (χ3v) is 5.13. The summed E-state index contributed by atoms with van der Waals surface area (Å²) < 4.78 is 0. The van der Waals surface area contributed by atoms with Crippen molar-refractivity contribution >= 4 is 0 Å². The van der Waals surface area contributed by atoms with E-state index in [-0.39, 0.29) is 30.0 Å². The Morgan fingerprint density at radius 3 is 2.67 bits per heavy atom. The molecule has 0 spiro atoms. The predicted molar refractivity (Wildman–Crippen MR) is 70.9 cm³/mol. The summed E-state index contributed by atoms with van der Waals surface area (Å²) in [6, 6.07) is 0. The SMILES string of the molecule is C=C1CC[C@@H](O)[C@]2(C)CC[C@@H](C(=C)CO)[C@H](O)[C@@H]12. The number of rotatable bonds is 2. The molecule has 102 valence electrons. The van der Waals surface area contributed by atoms with Crippen LogP contribution in [0.1, 0.15) is 32.6 Å². The molecular weight excluding hydrogens is 228 g/mol. The largest absolute Gasteiger partial charge is 0.393 e. The lowest BCUT2D eigenvalue weighted by molar-refractivity contribution is -0.108. The van der Waals surface area contributed by atoms with Gasteiger partial charge in [0.05, 0.1) is 18.8 Å². The smallest absolute Gasteiger partial charge is 0.0677 e. The van der Waals surface area contributed by atoms with Crippen LogP contribution in [-0.4, -0.2) is 34.1 Å². The fraction of sp³-hybridized carbons (Fsp3) is 0.733. The van der Waals surface area contributed by atoms with E-state index in [1.807, 2.05) is 6.92 Å². The van der Waals surface area contributed by atoms with Crippen LogP contribution in [0.3, 0.4) is 0 Å². The number of fused-ring (bicyclic) bond motifs is 1. The van der Waals surface area contributed by atoms with Gasteiger partial charge < -0.3 is 15.3 Å². The van der Waals surface area contributed by atoms with Crippen LogP contribution in [0.5, 0.6) is 0 Å². The monoisotopic (exact) mass is 252 g/mol. The molecule has 0 bridgehead atoms. The van der Waals surface area contributed by atoms with E-state index < -0.39 is 6.10 Å². The van der Waals surface area contributed by atoms with E-state index in [0.29, 0.717) is 5.57 Å². The molecule has 2 aliphatic rings. The van der Waals surface area contributed by atoms with Gasteiger partial charge in [-0.05, 0) is 31.3 Å². The van der Waals surface area contributed by atoms with Crippen LogP contribution in [0, 0.1) is 17.3 Å². The lowest BCUT2D eigenvalue weighted by Crippen LogP contribution is -2.54. The normalized spacial score (nSPS) is 44.6. The van der Waals surface area contributed by atoms with Crippen LogP contribution < -0.4 is 0 Å². The van der Waals surface area contributed by atoms with Crippen molar-refractivity contribution in [2.45, 2.75) is 44.8 Å². The molecule has 2 saturated carbocycles. The minimum atomic E-state index is -0.578. The van der Waals surface area contributed by atoms with Crippen LogP contribution in [0.4, 0.5) is 0 Å². The summed E-state index contributed by atoms with van der Waals surface area (Å²) in [6.45, 7) is 9.90. The molecule has 0 aromatic rings. The molecule has 2 fully saturated rings. The first-order valence-corrected chi connectivity index (χ1v) is 6.74. The average Bonchev–Trinajstić information content (AvgIpc) is 2.33. The maximum absolute atomic E-state index is 10.6. The molecule has 3 N–H and O–H groups in total. The first-order chi connectivity index (χ1) is 8.41. The second-order valence-corrected chi connectivity index (χ2v) is 6.15. The third kappa shape index (κ3) is 1.94. The Balaban J connectivity index is 2.29. The minimum absolute atomic E-state index is 0.0740. The quantitative estimate of drug-likeness (QED) is 0.655. The summed E-state index contributed by atoms with van der Waals surface area (Å²) in [6.07, 6.45) is 2.19. The second-order valence-electron chi connectivity index (χ2n) is 6.15. The highest BCUT2D eigenvalue weighted by atomic mass is 16.3. The Labute approximate surface area is 109 Å². The number of aliphatic hydroxyl groups excluding tert-OH is 3. The third-order valence-electron chi connectivity index (χ3n) is 5.13. The van der Waals surface area contributed by atoms with Gasteiger partial charge in [0, 0.05) is 17.3 Å². The molecule has 2 aliphatic carbocycles. The molecule has 0 aromatic carbocycles. The van der Waals surface area contributed by atoms with Gasteiger partial charge in [-0.3, -0.25) is 0 Å². The van der Waals surface area contributed by atoms with E-state index in [1.165, 1.54) is 0 Å². The summed E-state index contributed by atoms with van der Waals surface area (Å²) in [5.41, 5.74) is 1.45. The number of hydrogen-bond donors (Lipinski definition) is 3. The maximum Gasteiger partial charge on any atom is 0.0677 e. The van der Waals surface area contributed by atoms with E-state index in [4.69, 9.17) is 0 Å². The van der Waals surface area contributed by atoms with Gasteiger partial charge in [0.25, 0.3) is 0 Å². The fourth-order valence-electron chi connectivity index (χ4n) is 3.87. The van der Waals surface area contributed by atoms with Crippen molar-refractivity contribution in [1.82, 2.24) is 0 Å². The van der Waals surface area contributed by atoms with Gasteiger partial charge in [-0.25, -0.2) is 0 Å². The Morgan fingerprint density at radius 1 is 1.39 bits per heavy atom. The molecule has 0 aliphatic heterocycles. The van der Waals surface area contributed by atoms with Crippen LogP contribution in [0.2, 0.25) is 0 Å². The molecule has 0 radical (unpaired) electrons. The fourth-order valence-corrected chi connectivity index (χ4v) is 3.87. The molecular formula is C15H24O3. The van der Waals surface area contributed by atoms with Crippen LogP contribution in [0.15, 0.2) is 24.3 Å². The molecule has 2 rings (SSSR count). The van der Waals surface area contributed by atoms with Crippen molar-refractivity contribution in [3.05, 3.63) is 24.3 Å². The molecule has 0 unspecified atom stereocenters. The van der Waals surface area contributed by atoms with Crippen molar-refractivity contribution in [2.75, 3.05) is 6.61 Å². The Morgan fingerprint density at radius 2 is 2.06 bits per heavy atom. The molecule has 3 heteroatoms. The maximum atomic E-state index is 10.6. The van der Waals surface area contributed by atoms with Crippen LogP contribution >= 0.6 is 0 Å². The highest BCUT2D eigenvalue weighted by molar-refractivity contribution is 5.21. The van der Waals surface area contributed by atoms with Gasteiger partial charge in [-0.2, -0.15) is 0 Å². The number of hydrogen-bond acceptors (Lipinski definition) is 3. The molecule has 0 amide bonds. The van der Waals surface area contributed by atoms with Crippen molar-refractivity contribution in [3.63, 3.8) is 0 Å². The van der Waals surface area contributed by atoms with Crippen molar-refractivity contribution in [3.8, 4) is 0 Å². The van der Waals surface area contributed by atoms with Crippen molar-refractivity contribution in [1.29, 1.82) is 0 Å². The zero-order valence-corrected chi connectivity index (χ0v) is 11.1. The Bertz CT molecular complexity index is 363. The minimum Gasteiger partial charge on any atom is -0.393 e. The standard InChI is InChI=1S/C15H24O3/c1-9-4-5-12(17)15(3)7-6-11(10(2)8-16)14(18)13(9)15/h11-14,16-18H,1-2,4-8H2,3H3/t11-,12+,13+,14-,15-/m0/s1. The summed E-state index contributed by atoms with van der Waals surface area (Å²) in [5, 5.41) is 30.0. The summed E-state index contributed by atoms with van der Waals surface area (Å²) in [4.78, 5) is 0. The molecule has 18 heavy (non-hydrogen) atoms. The lowest BCUT2D eigenvalue weighted by atomic mass is 9.54.